The molecule has 2 atom stereocenters. The first-order chi connectivity index (χ1) is 20.8. The van der Waals surface area contributed by atoms with Gasteiger partial charge in [0.1, 0.15) is 21.4 Å². The lowest BCUT2D eigenvalue weighted by atomic mass is 10.0. The number of fused-ring (bicyclic) bond motifs is 4. The van der Waals surface area contributed by atoms with E-state index in [9.17, 15) is 19.2 Å². The second-order valence-electron chi connectivity index (χ2n) is 10.4. The normalized spacial score (nSPS) is 18.7. The molecule has 4 heterocycles. The Kier molecular flexibility index (Phi) is 9.57. The molecule has 1 aromatic carbocycles. The predicted molar refractivity (Wildman–Crippen MR) is 160 cm³/mol. The maximum atomic E-state index is 13.4. The lowest BCUT2D eigenvalue weighted by Gasteiger charge is -2.23. The van der Waals surface area contributed by atoms with E-state index < -0.39 is 23.9 Å². The molecule has 0 spiro atoms. The minimum absolute atomic E-state index is 0.00125. The summed E-state index contributed by atoms with van der Waals surface area (Å²) >= 11 is 2.57. The average molecular weight is 622 g/mol. The summed E-state index contributed by atoms with van der Waals surface area (Å²) in [6.07, 6.45) is 2.17. The summed E-state index contributed by atoms with van der Waals surface area (Å²) in [5, 5.41) is 16.9. The van der Waals surface area contributed by atoms with Gasteiger partial charge in [-0.25, -0.2) is 9.97 Å². The van der Waals surface area contributed by atoms with Crippen LogP contribution in [0.25, 0.3) is 0 Å². The Morgan fingerprint density at radius 3 is 2.44 bits per heavy atom. The van der Waals surface area contributed by atoms with Crippen molar-refractivity contribution >= 4 is 46.3 Å². The highest BCUT2D eigenvalue weighted by molar-refractivity contribution is 7.10. The molecule has 14 heteroatoms. The molecule has 0 saturated carbocycles. The second kappa shape index (κ2) is 13.7. The highest BCUT2D eigenvalue weighted by atomic mass is 32.1. The van der Waals surface area contributed by atoms with Crippen molar-refractivity contribution in [1.29, 1.82) is 0 Å². The van der Waals surface area contributed by atoms with E-state index in [2.05, 4.69) is 31.1 Å². The van der Waals surface area contributed by atoms with Crippen molar-refractivity contribution in [2.75, 3.05) is 19.6 Å². The van der Waals surface area contributed by atoms with Crippen LogP contribution in [0.15, 0.2) is 57.9 Å². The molecule has 4 bridgehead atoms. The summed E-state index contributed by atoms with van der Waals surface area (Å²) < 4.78 is 5.05. The van der Waals surface area contributed by atoms with Crippen LogP contribution < -0.4 is 16.0 Å². The molecule has 0 saturated heterocycles. The number of nitrogens with zero attached hydrogens (tertiary/aromatic N) is 4. The van der Waals surface area contributed by atoms with Crippen LogP contribution in [-0.4, -0.2) is 63.3 Å². The van der Waals surface area contributed by atoms with E-state index in [1.165, 1.54) is 39.8 Å². The standard InChI is InChI=1S/C29H31N7O5S2/c1-17(2)24-28-34-20(15-43-28)25(38)30-10-6-12-36(29(40)22-9-11-31-41-22)14-23(37)32-19(13-18-7-4-3-5-8-18)27-33-21(16-42-27)26(39)35-24/h3-5,7-9,11,15-17,19,24H,6,10,12-14H2,1-2H3,(H,30,38)(H,32,37)(H,35,39)/t19-,24-/m0/s1. The predicted octanol–water partition coefficient (Wildman–Crippen LogP) is 3.39. The third-order valence-corrected chi connectivity index (χ3v) is 8.69. The third kappa shape index (κ3) is 7.51. The first kappa shape index (κ1) is 30.0. The number of rotatable bonds is 4. The number of hydrogen-bond donors (Lipinski definition) is 3. The highest BCUT2D eigenvalue weighted by Crippen LogP contribution is 2.27. The zero-order valence-corrected chi connectivity index (χ0v) is 25.2. The molecule has 0 radical (unpaired) electrons. The number of benzene rings is 1. The molecule has 0 aliphatic carbocycles. The Labute approximate surface area is 255 Å². The fraction of sp³-hybridized carbons (Fsp3) is 0.345. The van der Waals surface area contributed by atoms with Gasteiger partial charge in [0.15, 0.2) is 0 Å². The topological polar surface area (TPSA) is 159 Å². The maximum Gasteiger partial charge on any atom is 0.292 e. The summed E-state index contributed by atoms with van der Waals surface area (Å²) in [4.78, 5) is 63.2. The van der Waals surface area contributed by atoms with Crippen molar-refractivity contribution in [1.82, 2.24) is 36.0 Å². The molecule has 0 fully saturated rings. The van der Waals surface area contributed by atoms with Gasteiger partial charge in [-0.05, 0) is 24.3 Å². The van der Waals surface area contributed by atoms with Crippen LogP contribution in [0, 0.1) is 5.92 Å². The van der Waals surface area contributed by atoms with Gasteiger partial charge < -0.3 is 25.4 Å². The number of carbonyl (C=O) groups excluding carboxylic acids is 4. The molecule has 4 aromatic rings. The number of carbonyl (C=O) groups is 4. The summed E-state index contributed by atoms with van der Waals surface area (Å²) in [5.41, 5.74) is 1.43. The van der Waals surface area contributed by atoms with E-state index in [1.54, 1.807) is 10.8 Å². The molecule has 12 nitrogen and oxygen atoms in total. The molecule has 5 rings (SSSR count). The van der Waals surface area contributed by atoms with E-state index in [0.29, 0.717) is 22.9 Å². The van der Waals surface area contributed by atoms with Crippen molar-refractivity contribution in [3.63, 3.8) is 0 Å². The molecule has 0 unspecified atom stereocenters. The van der Waals surface area contributed by atoms with E-state index in [1.807, 2.05) is 44.2 Å². The first-order valence-corrected chi connectivity index (χ1v) is 15.6. The minimum atomic E-state index is -0.549. The van der Waals surface area contributed by atoms with Crippen molar-refractivity contribution < 1.29 is 23.7 Å². The highest BCUT2D eigenvalue weighted by Gasteiger charge is 2.28. The Bertz CT molecular complexity index is 1570. The third-order valence-electron chi connectivity index (χ3n) is 6.81. The summed E-state index contributed by atoms with van der Waals surface area (Å²) in [6, 6.07) is 10.1. The van der Waals surface area contributed by atoms with E-state index >= 15 is 0 Å². The van der Waals surface area contributed by atoms with Gasteiger partial charge in [0.2, 0.25) is 11.7 Å². The van der Waals surface area contributed by atoms with Crippen molar-refractivity contribution in [3.8, 4) is 0 Å². The maximum absolute atomic E-state index is 13.4. The van der Waals surface area contributed by atoms with E-state index in [0.717, 1.165) is 5.56 Å². The van der Waals surface area contributed by atoms with Crippen molar-refractivity contribution in [2.24, 2.45) is 5.92 Å². The van der Waals surface area contributed by atoms with Gasteiger partial charge in [0.05, 0.1) is 24.8 Å². The lowest BCUT2D eigenvalue weighted by molar-refractivity contribution is -0.122. The summed E-state index contributed by atoms with van der Waals surface area (Å²) in [5.74, 6) is -1.66. The lowest BCUT2D eigenvalue weighted by Crippen LogP contribution is -2.43. The number of aromatic nitrogens is 3. The van der Waals surface area contributed by atoms with Gasteiger partial charge in [-0.3, -0.25) is 19.2 Å². The molecule has 4 amide bonds. The second-order valence-corrected chi connectivity index (χ2v) is 12.1. The Hall–Kier alpha value is -4.43. The van der Waals surface area contributed by atoms with Crippen LogP contribution >= 0.6 is 22.7 Å². The van der Waals surface area contributed by atoms with Crippen LogP contribution in [0.3, 0.4) is 0 Å². The number of amides is 4. The number of hydrogen-bond acceptors (Lipinski definition) is 10. The zero-order chi connectivity index (χ0) is 30.3. The van der Waals surface area contributed by atoms with Gasteiger partial charge >= 0.3 is 0 Å². The molecule has 224 valence electrons. The Morgan fingerprint density at radius 2 is 1.72 bits per heavy atom. The van der Waals surface area contributed by atoms with Crippen molar-refractivity contribution in [2.45, 2.75) is 38.8 Å². The van der Waals surface area contributed by atoms with Gasteiger partial charge in [-0.15, -0.1) is 22.7 Å². The summed E-state index contributed by atoms with van der Waals surface area (Å²) in [6.45, 7) is 4.09. The minimum Gasteiger partial charge on any atom is -0.351 e. The van der Waals surface area contributed by atoms with Crippen molar-refractivity contribution in [3.05, 3.63) is 86.1 Å². The largest absolute Gasteiger partial charge is 0.351 e. The SMILES string of the molecule is CC(C)[C@@H]1NC(=O)c2csc(n2)[C@H](Cc2ccccc2)NC(=O)CN(C(=O)c2ccno2)CCCNC(=O)c2csc1n2. The van der Waals surface area contributed by atoms with Crippen LogP contribution in [0.2, 0.25) is 0 Å². The fourth-order valence-corrected chi connectivity index (χ4v) is 6.45. The van der Waals surface area contributed by atoms with Gasteiger partial charge in [0.25, 0.3) is 17.7 Å². The van der Waals surface area contributed by atoms with E-state index in [4.69, 9.17) is 4.52 Å². The Balaban J connectivity index is 1.46. The van der Waals surface area contributed by atoms with Crippen LogP contribution in [0.4, 0.5) is 0 Å². The molecule has 43 heavy (non-hydrogen) atoms. The molecule has 1 aliphatic rings. The van der Waals surface area contributed by atoms with Crippen LogP contribution in [0.1, 0.15) is 79.5 Å². The van der Waals surface area contributed by atoms with Crippen LogP contribution in [0.5, 0.6) is 0 Å². The number of thiazole rings is 2. The summed E-state index contributed by atoms with van der Waals surface area (Å²) in [7, 11) is 0. The monoisotopic (exact) mass is 621 g/mol. The number of nitrogens with one attached hydrogen (secondary N) is 3. The quantitative estimate of drug-likeness (QED) is 0.313. The molecule has 1 aliphatic heterocycles. The molecule has 3 aromatic heterocycles. The molecule has 3 N–H and O–H groups in total. The van der Waals surface area contributed by atoms with Gasteiger partial charge in [0, 0.05) is 29.9 Å². The van der Waals surface area contributed by atoms with Gasteiger partial charge in [-0.1, -0.05) is 49.3 Å². The van der Waals surface area contributed by atoms with Gasteiger partial charge in [-0.2, -0.15) is 0 Å². The van der Waals surface area contributed by atoms with E-state index in [-0.39, 0.29) is 54.5 Å². The zero-order valence-electron chi connectivity index (χ0n) is 23.6. The fourth-order valence-electron chi connectivity index (χ4n) is 4.58. The molecular formula is C29H31N7O5S2. The molecular weight excluding hydrogens is 590 g/mol. The smallest absolute Gasteiger partial charge is 0.292 e. The average Bonchev–Trinajstić information content (AvgIpc) is 3.79. The Morgan fingerprint density at radius 1 is 1.00 bits per heavy atom. The van der Waals surface area contributed by atoms with Crippen LogP contribution in [-0.2, 0) is 11.2 Å². The first-order valence-electron chi connectivity index (χ1n) is 13.8.